The van der Waals surface area contributed by atoms with Crippen molar-refractivity contribution in [2.45, 2.75) is 77.1 Å². The molecule has 2 fully saturated rings. The lowest BCUT2D eigenvalue weighted by Gasteiger charge is -2.37. The van der Waals surface area contributed by atoms with E-state index < -0.39 is 18.1 Å². The maximum atomic E-state index is 12.9. The molecule has 0 bridgehead atoms. The van der Waals surface area contributed by atoms with Crippen molar-refractivity contribution in [3.8, 4) is 5.75 Å². The minimum atomic E-state index is -0.995. The molecule has 1 unspecified atom stereocenters. The molecule has 2 saturated heterocycles. The molecule has 0 aliphatic carbocycles. The summed E-state index contributed by atoms with van der Waals surface area (Å²) < 4.78 is 6.03. The van der Waals surface area contributed by atoms with Crippen molar-refractivity contribution >= 4 is 23.6 Å². The van der Waals surface area contributed by atoms with E-state index >= 15 is 0 Å². The molecule has 3 aliphatic rings. The summed E-state index contributed by atoms with van der Waals surface area (Å²) in [6.45, 7) is 5.17. The van der Waals surface area contributed by atoms with Crippen LogP contribution in [0.1, 0.15) is 68.3 Å². The molecule has 184 valence electrons. The van der Waals surface area contributed by atoms with E-state index in [2.05, 4.69) is 5.32 Å². The molecule has 1 aromatic carbocycles. The molecule has 1 aromatic rings. The van der Waals surface area contributed by atoms with Crippen molar-refractivity contribution in [2.24, 2.45) is 5.92 Å². The number of aliphatic hydroxyl groups is 1. The second-order valence-corrected chi connectivity index (χ2v) is 9.86. The number of benzene rings is 1. The first-order valence-corrected chi connectivity index (χ1v) is 12.1. The van der Waals surface area contributed by atoms with E-state index in [-0.39, 0.29) is 42.6 Å². The van der Waals surface area contributed by atoms with Crippen LogP contribution in [0, 0.1) is 5.92 Å². The van der Waals surface area contributed by atoms with Crippen LogP contribution in [0.25, 0.3) is 0 Å². The molecule has 0 saturated carbocycles. The summed E-state index contributed by atoms with van der Waals surface area (Å²) in [6, 6.07) is 4.48. The number of piperidine rings is 2. The highest BCUT2D eigenvalue weighted by molar-refractivity contribution is 6.05. The Labute approximate surface area is 199 Å². The molecule has 4 rings (SSSR count). The molecule has 9 heteroatoms. The molecule has 9 nitrogen and oxygen atoms in total. The maximum Gasteiger partial charge on any atom is 0.255 e. The average Bonchev–Trinajstić information content (AvgIpc) is 3.12. The van der Waals surface area contributed by atoms with Crippen LogP contribution in [0.2, 0.25) is 0 Å². The standard InChI is InChI=1S/C25H33N3O6/c1-15(2)11-21(29)25(33)27-10-4-3-5-17(27)14-34-18-6-7-19-16(12-18)13-28(24(19)32)20-8-9-22(30)26-23(20)31/h6-7,12,15,17,20-21,29H,3-5,8-11,13-14H2,1-2H3,(H,26,30,31)/t17-,20?,21-/m0/s1. The number of nitrogens with one attached hydrogen (secondary N) is 1. The van der Waals surface area contributed by atoms with E-state index in [0.29, 0.717) is 37.3 Å². The average molecular weight is 472 g/mol. The van der Waals surface area contributed by atoms with Gasteiger partial charge in [0.2, 0.25) is 11.8 Å². The summed E-state index contributed by atoms with van der Waals surface area (Å²) in [7, 11) is 0. The molecule has 34 heavy (non-hydrogen) atoms. The van der Waals surface area contributed by atoms with Crippen LogP contribution in [0.3, 0.4) is 0 Å². The Hall–Kier alpha value is -2.94. The third kappa shape index (κ3) is 5.09. The number of nitrogens with zero attached hydrogens (tertiary/aromatic N) is 2. The van der Waals surface area contributed by atoms with Gasteiger partial charge in [0.1, 0.15) is 24.5 Å². The molecular formula is C25H33N3O6. The SMILES string of the molecule is CC(C)C[C@H](O)C(=O)N1CCCC[C@H]1COc1ccc2c(c1)CN(C1CCC(=O)NC1=O)C2=O. The highest BCUT2D eigenvalue weighted by Gasteiger charge is 2.39. The number of carbonyl (C=O) groups is 4. The molecule has 3 heterocycles. The lowest BCUT2D eigenvalue weighted by Crippen LogP contribution is -2.52. The van der Waals surface area contributed by atoms with Crippen LogP contribution in [-0.2, 0) is 20.9 Å². The Morgan fingerprint density at radius 1 is 1.21 bits per heavy atom. The highest BCUT2D eigenvalue weighted by atomic mass is 16.5. The van der Waals surface area contributed by atoms with Crippen LogP contribution < -0.4 is 10.1 Å². The van der Waals surface area contributed by atoms with Crippen LogP contribution >= 0.6 is 0 Å². The summed E-state index contributed by atoms with van der Waals surface area (Å²) in [5.74, 6) is -0.381. The number of rotatable bonds is 7. The van der Waals surface area contributed by atoms with Crippen LogP contribution in [0.15, 0.2) is 18.2 Å². The summed E-state index contributed by atoms with van der Waals surface area (Å²) in [5, 5.41) is 12.6. The van der Waals surface area contributed by atoms with Crippen LogP contribution in [0.4, 0.5) is 0 Å². The first-order valence-electron chi connectivity index (χ1n) is 12.1. The van der Waals surface area contributed by atoms with Crippen molar-refractivity contribution in [1.29, 1.82) is 0 Å². The number of ether oxygens (including phenoxy) is 1. The highest BCUT2D eigenvalue weighted by Crippen LogP contribution is 2.30. The molecule has 0 aromatic heterocycles. The Kier molecular flexibility index (Phi) is 7.21. The van der Waals surface area contributed by atoms with Crippen molar-refractivity contribution in [3.63, 3.8) is 0 Å². The first-order chi connectivity index (χ1) is 16.2. The second kappa shape index (κ2) is 10.1. The summed E-state index contributed by atoms with van der Waals surface area (Å²) >= 11 is 0. The molecule has 0 spiro atoms. The fourth-order valence-electron chi connectivity index (χ4n) is 5.04. The van der Waals surface area contributed by atoms with Crippen molar-refractivity contribution in [2.75, 3.05) is 13.2 Å². The molecule has 3 aliphatic heterocycles. The van der Waals surface area contributed by atoms with Crippen LogP contribution in [-0.4, -0.2) is 69.9 Å². The fraction of sp³-hybridized carbons (Fsp3) is 0.600. The Morgan fingerprint density at radius 3 is 2.74 bits per heavy atom. The number of hydrogen-bond acceptors (Lipinski definition) is 6. The molecular weight excluding hydrogens is 438 g/mol. The van der Waals surface area contributed by atoms with Gasteiger partial charge in [0.15, 0.2) is 0 Å². The quantitative estimate of drug-likeness (QED) is 0.584. The monoisotopic (exact) mass is 471 g/mol. The van der Waals surface area contributed by atoms with Gasteiger partial charge < -0.3 is 19.6 Å². The number of likely N-dealkylation sites (tertiary alicyclic amines) is 1. The van der Waals surface area contributed by atoms with Gasteiger partial charge in [-0.25, -0.2) is 0 Å². The van der Waals surface area contributed by atoms with Gasteiger partial charge in [-0.15, -0.1) is 0 Å². The zero-order valence-electron chi connectivity index (χ0n) is 19.8. The topological polar surface area (TPSA) is 116 Å². The summed E-state index contributed by atoms with van der Waals surface area (Å²) in [6.07, 6.45) is 2.70. The molecule has 0 radical (unpaired) electrons. The fourth-order valence-corrected chi connectivity index (χ4v) is 5.04. The lowest BCUT2D eigenvalue weighted by atomic mass is 9.99. The van der Waals surface area contributed by atoms with Gasteiger partial charge in [-0.2, -0.15) is 0 Å². The number of fused-ring (bicyclic) bond motifs is 1. The zero-order chi connectivity index (χ0) is 24.4. The third-order valence-electron chi connectivity index (χ3n) is 6.83. The Balaban J connectivity index is 1.39. The number of imide groups is 1. The predicted molar refractivity (Wildman–Crippen MR) is 123 cm³/mol. The Bertz CT molecular complexity index is 977. The normalized spacial score (nSPS) is 23.7. The van der Waals surface area contributed by atoms with E-state index in [0.717, 1.165) is 24.8 Å². The lowest BCUT2D eigenvalue weighted by molar-refractivity contribution is -0.145. The van der Waals surface area contributed by atoms with Crippen molar-refractivity contribution < 1.29 is 29.0 Å². The maximum absolute atomic E-state index is 12.9. The van der Waals surface area contributed by atoms with E-state index in [1.54, 1.807) is 17.0 Å². The van der Waals surface area contributed by atoms with Crippen molar-refractivity contribution in [3.05, 3.63) is 29.3 Å². The van der Waals surface area contributed by atoms with Crippen LogP contribution in [0.5, 0.6) is 5.75 Å². The minimum Gasteiger partial charge on any atom is -0.491 e. The zero-order valence-corrected chi connectivity index (χ0v) is 19.8. The number of amides is 4. The van der Waals surface area contributed by atoms with E-state index in [9.17, 15) is 24.3 Å². The third-order valence-corrected chi connectivity index (χ3v) is 6.83. The van der Waals surface area contributed by atoms with Crippen molar-refractivity contribution in [1.82, 2.24) is 15.1 Å². The number of aliphatic hydroxyl groups excluding tert-OH is 1. The Morgan fingerprint density at radius 2 is 2.00 bits per heavy atom. The largest absolute Gasteiger partial charge is 0.491 e. The van der Waals surface area contributed by atoms with E-state index in [1.807, 2.05) is 19.9 Å². The number of carbonyl (C=O) groups excluding carboxylic acids is 4. The van der Waals surface area contributed by atoms with Gasteiger partial charge in [-0.1, -0.05) is 13.8 Å². The van der Waals surface area contributed by atoms with E-state index in [4.69, 9.17) is 4.74 Å². The second-order valence-electron chi connectivity index (χ2n) is 9.86. The summed E-state index contributed by atoms with van der Waals surface area (Å²) in [5.41, 5.74) is 1.31. The van der Waals surface area contributed by atoms with Gasteiger partial charge in [-0.3, -0.25) is 24.5 Å². The van der Waals surface area contributed by atoms with Gasteiger partial charge in [0, 0.05) is 25.1 Å². The van der Waals surface area contributed by atoms with Gasteiger partial charge >= 0.3 is 0 Å². The molecule has 2 N–H and O–H groups in total. The van der Waals surface area contributed by atoms with Gasteiger partial charge in [0.25, 0.3) is 11.8 Å². The number of hydrogen-bond donors (Lipinski definition) is 2. The first kappa shape index (κ1) is 24.2. The smallest absolute Gasteiger partial charge is 0.255 e. The minimum absolute atomic E-state index is 0.113. The predicted octanol–water partition coefficient (Wildman–Crippen LogP) is 1.61. The molecule has 3 atom stereocenters. The van der Waals surface area contributed by atoms with E-state index in [1.165, 1.54) is 4.90 Å². The summed E-state index contributed by atoms with van der Waals surface area (Å²) in [4.78, 5) is 52.6. The molecule has 4 amide bonds. The van der Waals surface area contributed by atoms with Gasteiger partial charge in [0.05, 0.1) is 6.04 Å². The van der Waals surface area contributed by atoms with Gasteiger partial charge in [-0.05, 0) is 61.8 Å².